The molecular formula is C30H24ClFN4O2. The summed E-state index contributed by atoms with van der Waals surface area (Å²) < 4.78 is 15.2. The van der Waals surface area contributed by atoms with Crippen molar-refractivity contribution >= 4 is 52.1 Å². The molecule has 8 heteroatoms. The lowest BCUT2D eigenvalue weighted by Crippen LogP contribution is -2.26. The molecule has 5 aromatic rings. The van der Waals surface area contributed by atoms with Gasteiger partial charge in [-0.15, -0.1) is 12.4 Å². The minimum absolute atomic E-state index is 0. The number of nitrogens with zero attached hydrogens (tertiary/aromatic N) is 3. The van der Waals surface area contributed by atoms with Crippen LogP contribution in [-0.2, 0) is 22.4 Å². The van der Waals surface area contributed by atoms with E-state index in [-0.39, 0.29) is 36.5 Å². The number of carbonyl (C=O) groups is 2. The molecule has 0 fully saturated rings. The van der Waals surface area contributed by atoms with Crippen molar-refractivity contribution in [3.63, 3.8) is 0 Å². The van der Waals surface area contributed by atoms with Crippen LogP contribution in [0.5, 0.6) is 0 Å². The number of amides is 2. The molecule has 0 unspecified atom stereocenters. The molecule has 0 aliphatic carbocycles. The average Bonchev–Trinajstić information content (AvgIpc) is 3.33. The van der Waals surface area contributed by atoms with E-state index in [4.69, 9.17) is 0 Å². The van der Waals surface area contributed by atoms with Gasteiger partial charge >= 0.3 is 0 Å². The highest BCUT2D eigenvalue weighted by Crippen LogP contribution is 2.40. The van der Waals surface area contributed by atoms with Crippen molar-refractivity contribution in [1.82, 2.24) is 9.55 Å². The molecule has 190 valence electrons. The first kappa shape index (κ1) is 25.2. The molecule has 0 saturated heterocycles. The van der Waals surface area contributed by atoms with Crippen LogP contribution >= 0.6 is 12.4 Å². The van der Waals surface area contributed by atoms with Gasteiger partial charge in [0, 0.05) is 35.6 Å². The zero-order chi connectivity index (χ0) is 25.4. The first-order valence-corrected chi connectivity index (χ1v) is 12.1. The maximum atomic E-state index is 13.2. The molecule has 1 aliphatic rings. The van der Waals surface area contributed by atoms with Crippen LogP contribution in [0.15, 0.2) is 97.3 Å². The van der Waals surface area contributed by atoms with Crippen molar-refractivity contribution in [3.8, 4) is 5.69 Å². The topological polar surface area (TPSA) is 67.2 Å². The fourth-order valence-electron chi connectivity index (χ4n) is 4.82. The normalized spacial score (nSPS) is 13.0. The molecule has 0 spiro atoms. The van der Waals surface area contributed by atoms with E-state index < -0.39 is 0 Å². The minimum atomic E-state index is -0.328. The standard InChI is InChI=1S/C30H23FN4O2.ClH/c31-22-9-5-20(6-10-22)7-16-27-32-17-18-34(27)23-11-13-24(14-12-23)35-26-15-8-21-3-1-2-4-25(21)30(26)33-28(36)19-29(35)37;/h1-6,8-15,17-18H,7,16,19H2,(H,33,36);1H. The number of benzene rings is 4. The highest BCUT2D eigenvalue weighted by molar-refractivity contribution is 6.21. The summed E-state index contributed by atoms with van der Waals surface area (Å²) in [5.74, 6) is 0.0200. The van der Waals surface area contributed by atoms with Gasteiger partial charge in [-0.1, -0.05) is 42.5 Å². The second-order valence-corrected chi connectivity index (χ2v) is 8.99. The summed E-state index contributed by atoms with van der Waals surface area (Å²) in [4.78, 5) is 31.8. The molecule has 4 aromatic carbocycles. The number of aromatic nitrogens is 2. The Balaban J connectivity index is 0.00000294. The Morgan fingerprint density at radius 2 is 1.58 bits per heavy atom. The van der Waals surface area contributed by atoms with Crippen LogP contribution in [-0.4, -0.2) is 21.4 Å². The van der Waals surface area contributed by atoms with Gasteiger partial charge in [-0.3, -0.25) is 14.5 Å². The number of hydrogen-bond acceptors (Lipinski definition) is 3. The number of fused-ring (bicyclic) bond motifs is 3. The SMILES string of the molecule is Cl.O=C1CC(=O)N(c2ccc(-n3ccnc3CCc3ccc(F)cc3)cc2)c2ccc3ccccc3c2N1. The van der Waals surface area contributed by atoms with E-state index in [1.54, 1.807) is 23.2 Å². The van der Waals surface area contributed by atoms with Gasteiger partial charge in [-0.2, -0.15) is 0 Å². The van der Waals surface area contributed by atoms with Crippen LogP contribution in [0.25, 0.3) is 16.5 Å². The molecule has 2 heterocycles. The highest BCUT2D eigenvalue weighted by atomic mass is 35.5. The van der Waals surface area contributed by atoms with E-state index >= 15 is 0 Å². The molecule has 1 N–H and O–H groups in total. The number of nitrogens with one attached hydrogen (secondary N) is 1. The summed E-state index contributed by atoms with van der Waals surface area (Å²) in [6.45, 7) is 0. The lowest BCUT2D eigenvalue weighted by molar-refractivity contribution is -0.124. The second-order valence-electron chi connectivity index (χ2n) is 8.99. The van der Waals surface area contributed by atoms with Crippen LogP contribution < -0.4 is 10.2 Å². The Labute approximate surface area is 225 Å². The second kappa shape index (κ2) is 10.5. The molecule has 1 aliphatic heterocycles. The zero-order valence-electron chi connectivity index (χ0n) is 20.3. The lowest BCUT2D eigenvalue weighted by atomic mass is 10.1. The maximum absolute atomic E-state index is 13.2. The molecular weight excluding hydrogens is 503 g/mol. The predicted molar refractivity (Wildman–Crippen MR) is 149 cm³/mol. The van der Waals surface area contributed by atoms with Crippen LogP contribution in [0.2, 0.25) is 0 Å². The minimum Gasteiger partial charge on any atom is -0.323 e. The predicted octanol–water partition coefficient (Wildman–Crippen LogP) is 6.38. The van der Waals surface area contributed by atoms with E-state index in [0.29, 0.717) is 23.5 Å². The first-order chi connectivity index (χ1) is 18.1. The van der Waals surface area contributed by atoms with Crippen molar-refractivity contribution in [2.45, 2.75) is 19.3 Å². The Morgan fingerprint density at radius 1 is 0.842 bits per heavy atom. The van der Waals surface area contributed by atoms with Crippen molar-refractivity contribution in [2.24, 2.45) is 0 Å². The largest absolute Gasteiger partial charge is 0.323 e. The highest BCUT2D eigenvalue weighted by Gasteiger charge is 2.28. The number of hydrogen-bond donors (Lipinski definition) is 1. The Bertz CT molecular complexity index is 1630. The lowest BCUT2D eigenvalue weighted by Gasteiger charge is -2.23. The quantitative estimate of drug-likeness (QED) is 0.270. The molecule has 0 atom stereocenters. The fraction of sp³-hybridized carbons (Fsp3) is 0.100. The molecule has 0 saturated carbocycles. The van der Waals surface area contributed by atoms with Gasteiger partial charge in [0.15, 0.2) is 0 Å². The molecule has 0 radical (unpaired) electrons. The number of imidazole rings is 1. The van der Waals surface area contributed by atoms with Gasteiger partial charge < -0.3 is 9.88 Å². The van der Waals surface area contributed by atoms with Crippen molar-refractivity contribution in [3.05, 3.63) is 115 Å². The van der Waals surface area contributed by atoms with Gasteiger partial charge in [0.05, 0.1) is 11.4 Å². The van der Waals surface area contributed by atoms with E-state index in [1.807, 2.05) is 71.4 Å². The summed E-state index contributed by atoms with van der Waals surface area (Å²) in [5, 5.41) is 4.80. The van der Waals surface area contributed by atoms with Gasteiger partial charge in [0.1, 0.15) is 18.1 Å². The van der Waals surface area contributed by atoms with E-state index in [2.05, 4.69) is 10.3 Å². The Hall–Kier alpha value is -4.49. The van der Waals surface area contributed by atoms with E-state index in [0.717, 1.165) is 34.3 Å². The van der Waals surface area contributed by atoms with Gasteiger partial charge in [-0.05, 0) is 59.8 Å². The smallest absolute Gasteiger partial charge is 0.241 e. The third kappa shape index (κ3) is 4.76. The third-order valence-corrected chi connectivity index (χ3v) is 6.63. The average molecular weight is 527 g/mol. The number of anilines is 3. The molecule has 38 heavy (non-hydrogen) atoms. The van der Waals surface area contributed by atoms with E-state index in [1.165, 1.54) is 12.1 Å². The number of rotatable bonds is 5. The molecule has 2 amide bonds. The number of aryl methyl sites for hydroxylation is 2. The molecule has 0 bridgehead atoms. The first-order valence-electron chi connectivity index (χ1n) is 12.1. The van der Waals surface area contributed by atoms with Crippen LogP contribution in [0, 0.1) is 5.82 Å². The molecule has 6 rings (SSSR count). The van der Waals surface area contributed by atoms with Gasteiger partial charge in [-0.25, -0.2) is 9.37 Å². The fourth-order valence-corrected chi connectivity index (χ4v) is 4.82. The number of halogens is 2. The van der Waals surface area contributed by atoms with Gasteiger partial charge in [0.2, 0.25) is 11.8 Å². The summed E-state index contributed by atoms with van der Waals surface area (Å²) in [5.41, 5.74) is 3.90. The van der Waals surface area contributed by atoms with Crippen molar-refractivity contribution in [1.29, 1.82) is 0 Å². The van der Waals surface area contributed by atoms with Crippen molar-refractivity contribution < 1.29 is 14.0 Å². The van der Waals surface area contributed by atoms with E-state index in [9.17, 15) is 14.0 Å². The summed E-state index contributed by atoms with van der Waals surface area (Å²) >= 11 is 0. The van der Waals surface area contributed by atoms with Crippen molar-refractivity contribution in [2.75, 3.05) is 10.2 Å². The third-order valence-electron chi connectivity index (χ3n) is 6.63. The maximum Gasteiger partial charge on any atom is 0.241 e. The molecule has 6 nitrogen and oxygen atoms in total. The monoisotopic (exact) mass is 526 g/mol. The van der Waals surface area contributed by atoms with Crippen LogP contribution in [0.3, 0.4) is 0 Å². The Kier molecular flexibility index (Phi) is 6.94. The zero-order valence-corrected chi connectivity index (χ0v) is 21.1. The summed E-state index contributed by atoms with van der Waals surface area (Å²) in [7, 11) is 0. The van der Waals surface area contributed by atoms with Gasteiger partial charge in [0.25, 0.3) is 0 Å². The molecule has 1 aromatic heterocycles. The van der Waals surface area contributed by atoms with Crippen LogP contribution in [0.1, 0.15) is 17.8 Å². The number of carbonyl (C=O) groups excluding carboxylic acids is 2. The Morgan fingerprint density at radius 3 is 2.37 bits per heavy atom. The van der Waals surface area contributed by atoms with Crippen LogP contribution in [0.4, 0.5) is 21.5 Å². The summed E-state index contributed by atoms with van der Waals surface area (Å²) in [6.07, 6.45) is 4.85. The summed E-state index contributed by atoms with van der Waals surface area (Å²) in [6, 6.07) is 25.8.